The molecule has 2 heterocycles. The van der Waals surface area contributed by atoms with Crippen molar-refractivity contribution in [2.75, 3.05) is 19.7 Å². The van der Waals surface area contributed by atoms with Crippen molar-refractivity contribution in [2.45, 2.75) is 26.0 Å². The van der Waals surface area contributed by atoms with Crippen LogP contribution in [0.15, 0.2) is 16.7 Å². The second kappa shape index (κ2) is 5.33. The lowest BCUT2D eigenvalue weighted by Gasteiger charge is -2.13. The summed E-state index contributed by atoms with van der Waals surface area (Å²) in [7, 11) is 0. The lowest BCUT2D eigenvalue weighted by atomic mass is 10.2. The zero-order chi connectivity index (χ0) is 12.3. The van der Waals surface area contributed by atoms with Gasteiger partial charge in [-0.1, -0.05) is 0 Å². The van der Waals surface area contributed by atoms with E-state index >= 15 is 0 Å². The molecule has 2 rings (SSSR count). The van der Waals surface area contributed by atoms with Crippen LogP contribution in [0, 0.1) is 0 Å². The number of nitrogens with zero attached hydrogens (tertiary/aromatic N) is 1. The largest absolute Gasteiger partial charge is 0.467 e. The van der Waals surface area contributed by atoms with E-state index in [-0.39, 0.29) is 12.1 Å². The summed E-state index contributed by atoms with van der Waals surface area (Å²) in [5, 5.41) is 9.43. The minimum Gasteiger partial charge on any atom is -0.467 e. The van der Waals surface area contributed by atoms with Gasteiger partial charge in [0.25, 0.3) is 0 Å². The Balaban J connectivity index is 2.01. The molecule has 5 heteroatoms. The smallest absolute Gasteiger partial charge is 0.341 e. The average Bonchev–Trinajstić information content (AvgIpc) is 2.89. The maximum absolute atomic E-state index is 11.6. The Hall–Kier alpha value is -1.33. The number of ether oxygens (including phenoxy) is 1. The first kappa shape index (κ1) is 12.1. The maximum Gasteiger partial charge on any atom is 0.341 e. The molecule has 17 heavy (non-hydrogen) atoms. The first-order valence-corrected chi connectivity index (χ1v) is 5.84. The van der Waals surface area contributed by atoms with Gasteiger partial charge in [0.15, 0.2) is 0 Å². The van der Waals surface area contributed by atoms with Crippen LogP contribution < -0.4 is 0 Å². The molecular weight excluding hydrogens is 222 g/mol. The molecule has 0 aromatic carbocycles. The molecule has 1 saturated heterocycles. The van der Waals surface area contributed by atoms with Crippen LogP contribution in [0.4, 0.5) is 0 Å². The normalized spacial score (nSPS) is 20.7. The topological polar surface area (TPSA) is 62.9 Å². The number of hydrogen-bond donors (Lipinski definition) is 1. The molecule has 1 unspecified atom stereocenters. The molecule has 0 aliphatic carbocycles. The molecule has 1 fully saturated rings. The second-order valence-corrected chi connectivity index (χ2v) is 4.16. The molecular formula is C12H17NO4. The molecule has 5 nitrogen and oxygen atoms in total. The molecule has 0 spiro atoms. The van der Waals surface area contributed by atoms with Gasteiger partial charge in [-0.2, -0.15) is 0 Å². The van der Waals surface area contributed by atoms with Crippen LogP contribution in [-0.4, -0.2) is 41.8 Å². The van der Waals surface area contributed by atoms with Crippen LogP contribution >= 0.6 is 0 Å². The summed E-state index contributed by atoms with van der Waals surface area (Å²) in [6, 6.07) is 1.62. The fraction of sp³-hybridized carbons (Fsp3) is 0.583. The predicted octanol–water partition coefficient (Wildman–Crippen LogP) is 1.02. The average molecular weight is 239 g/mol. The maximum atomic E-state index is 11.6. The molecule has 1 N–H and O–H groups in total. The molecule has 1 atom stereocenters. The van der Waals surface area contributed by atoms with Crippen molar-refractivity contribution in [1.82, 2.24) is 4.90 Å². The minimum absolute atomic E-state index is 0.268. The first-order chi connectivity index (χ1) is 8.20. The highest BCUT2D eigenvalue weighted by molar-refractivity contribution is 5.90. The zero-order valence-corrected chi connectivity index (χ0v) is 9.89. The van der Waals surface area contributed by atoms with Crippen molar-refractivity contribution in [3.05, 3.63) is 23.7 Å². The fourth-order valence-corrected chi connectivity index (χ4v) is 2.01. The summed E-state index contributed by atoms with van der Waals surface area (Å²) in [6.07, 6.45) is 2.00. The summed E-state index contributed by atoms with van der Waals surface area (Å²) in [5.41, 5.74) is 0.480. The number of carbonyl (C=O) groups is 1. The summed E-state index contributed by atoms with van der Waals surface area (Å²) >= 11 is 0. The molecule has 1 aromatic heterocycles. The molecule has 0 saturated carbocycles. The lowest BCUT2D eigenvalue weighted by molar-refractivity contribution is 0.0522. The van der Waals surface area contributed by atoms with E-state index in [0.29, 0.717) is 31.0 Å². The zero-order valence-electron chi connectivity index (χ0n) is 9.89. The highest BCUT2D eigenvalue weighted by atomic mass is 16.5. The number of furan rings is 1. The first-order valence-electron chi connectivity index (χ1n) is 5.84. The quantitative estimate of drug-likeness (QED) is 0.795. The van der Waals surface area contributed by atoms with Crippen molar-refractivity contribution in [1.29, 1.82) is 0 Å². The SMILES string of the molecule is CCOC(=O)c1ccoc1CN1CCC(O)C1. The third kappa shape index (κ3) is 2.87. The van der Waals surface area contributed by atoms with Crippen LogP contribution in [0.25, 0.3) is 0 Å². The van der Waals surface area contributed by atoms with Crippen LogP contribution in [0.2, 0.25) is 0 Å². The number of aliphatic hydroxyl groups excluding tert-OH is 1. The summed E-state index contributed by atoms with van der Waals surface area (Å²) in [5.74, 6) is 0.258. The van der Waals surface area contributed by atoms with Gasteiger partial charge in [0.05, 0.1) is 25.5 Å². The highest BCUT2D eigenvalue weighted by Gasteiger charge is 2.24. The third-order valence-corrected chi connectivity index (χ3v) is 2.86. The van der Waals surface area contributed by atoms with Crippen molar-refractivity contribution < 1.29 is 19.1 Å². The number of hydrogen-bond acceptors (Lipinski definition) is 5. The van der Waals surface area contributed by atoms with Gasteiger partial charge in [-0.15, -0.1) is 0 Å². The Morgan fingerprint density at radius 3 is 3.18 bits per heavy atom. The molecule has 1 aliphatic heterocycles. The monoisotopic (exact) mass is 239 g/mol. The molecule has 1 aliphatic rings. The number of esters is 1. The van der Waals surface area contributed by atoms with E-state index in [0.717, 1.165) is 13.0 Å². The van der Waals surface area contributed by atoms with Gasteiger partial charge < -0.3 is 14.3 Å². The van der Waals surface area contributed by atoms with Gasteiger partial charge >= 0.3 is 5.97 Å². The van der Waals surface area contributed by atoms with Crippen LogP contribution in [0.1, 0.15) is 29.5 Å². The molecule has 94 valence electrons. The van der Waals surface area contributed by atoms with Gasteiger partial charge in [-0.3, -0.25) is 4.90 Å². The Morgan fingerprint density at radius 2 is 2.53 bits per heavy atom. The van der Waals surface area contributed by atoms with E-state index in [9.17, 15) is 9.90 Å². The number of aliphatic hydroxyl groups is 1. The van der Waals surface area contributed by atoms with Gasteiger partial charge in [0.1, 0.15) is 11.3 Å². The number of rotatable bonds is 4. The van der Waals surface area contributed by atoms with Gasteiger partial charge in [0.2, 0.25) is 0 Å². The van der Waals surface area contributed by atoms with Crippen LogP contribution in [-0.2, 0) is 11.3 Å². The number of carbonyl (C=O) groups excluding carboxylic acids is 1. The van der Waals surface area contributed by atoms with Crippen molar-refractivity contribution >= 4 is 5.97 Å². The molecule has 1 aromatic rings. The Kier molecular flexibility index (Phi) is 3.81. The summed E-state index contributed by atoms with van der Waals surface area (Å²) in [4.78, 5) is 13.7. The van der Waals surface area contributed by atoms with E-state index in [1.807, 2.05) is 0 Å². The Labute approximate surface area is 100.0 Å². The van der Waals surface area contributed by atoms with E-state index < -0.39 is 0 Å². The van der Waals surface area contributed by atoms with Crippen molar-refractivity contribution in [2.24, 2.45) is 0 Å². The molecule has 0 bridgehead atoms. The van der Waals surface area contributed by atoms with Gasteiger partial charge in [0, 0.05) is 13.1 Å². The minimum atomic E-state index is -0.351. The standard InChI is InChI=1S/C12H17NO4/c1-2-16-12(15)10-4-6-17-11(10)8-13-5-3-9(14)7-13/h4,6,9,14H,2-3,5,7-8H2,1H3. The Morgan fingerprint density at radius 1 is 1.71 bits per heavy atom. The van der Waals surface area contributed by atoms with E-state index in [1.54, 1.807) is 13.0 Å². The molecule has 0 amide bonds. The van der Waals surface area contributed by atoms with E-state index in [4.69, 9.17) is 9.15 Å². The second-order valence-electron chi connectivity index (χ2n) is 4.16. The summed E-state index contributed by atoms with van der Waals surface area (Å²) < 4.78 is 10.3. The van der Waals surface area contributed by atoms with Crippen molar-refractivity contribution in [3.8, 4) is 0 Å². The third-order valence-electron chi connectivity index (χ3n) is 2.86. The molecule has 0 radical (unpaired) electrons. The number of β-amino-alcohol motifs (C(OH)–C–C–N with tert-alkyl or cyclic N) is 1. The number of likely N-dealkylation sites (tertiary alicyclic amines) is 1. The van der Waals surface area contributed by atoms with Crippen LogP contribution in [0.3, 0.4) is 0 Å². The van der Waals surface area contributed by atoms with E-state index in [1.165, 1.54) is 6.26 Å². The highest BCUT2D eigenvalue weighted by Crippen LogP contribution is 2.18. The van der Waals surface area contributed by atoms with E-state index in [2.05, 4.69) is 4.90 Å². The van der Waals surface area contributed by atoms with Gasteiger partial charge in [-0.25, -0.2) is 4.79 Å². The van der Waals surface area contributed by atoms with Crippen molar-refractivity contribution in [3.63, 3.8) is 0 Å². The summed E-state index contributed by atoms with van der Waals surface area (Å²) in [6.45, 7) is 4.12. The lowest BCUT2D eigenvalue weighted by Crippen LogP contribution is -2.22. The fourth-order valence-electron chi connectivity index (χ4n) is 2.01. The van der Waals surface area contributed by atoms with Gasteiger partial charge in [-0.05, 0) is 19.4 Å². The predicted molar refractivity (Wildman–Crippen MR) is 60.6 cm³/mol. The Bertz CT molecular complexity index is 388. The van der Waals surface area contributed by atoms with Crippen LogP contribution in [0.5, 0.6) is 0 Å².